The molecule has 0 aromatic heterocycles. The van der Waals surface area contributed by atoms with Gasteiger partial charge in [-0.2, -0.15) is 5.10 Å². The lowest BCUT2D eigenvalue weighted by atomic mass is 10.2. The van der Waals surface area contributed by atoms with Crippen molar-refractivity contribution in [1.29, 1.82) is 0 Å². The minimum Gasteiger partial charge on any atom is -0.490 e. The van der Waals surface area contributed by atoms with Gasteiger partial charge in [0, 0.05) is 11.6 Å². The third-order valence-electron chi connectivity index (χ3n) is 3.34. The van der Waals surface area contributed by atoms with E-state index in [1.807, 2.05) is 13.8 Å². The summed E-state index contributed by atoms with van der Waals surface area (Å²) in [5, 5.41) is 8.04. The average Bonchev–Trinajstić information content (AvgIpc) is 2.64. The molecule has 0 aliphatic carbocycles. The number of nitrogens with one attached hydrogen (secondary N) is 2. The number of hydrazone groups is 1. The van der Waals surface area contributed by atoms with Gasteiger partial charge in [0.15, 0.2) is 16.6 Å². The first-order valence-electron chi connectivity index (χ1n) is 8.45. The fourth-order valence-electron chi connectivity index (χ4n) is 2.13. The highest BCUT2D eigenvalue weighted by Crippen LogP contribution is 2.30. The number of hydrogen-bond donors (Lipinski definition) is 2. The summed E-state index contributed by atoms with van der Waals surface area (Å²) in [6.45, 7) is 4.87. The fraction of sp³-hybridized carbons (Fsp3) is 0.211. The van der Waals surface area contributed by atoms with Crippen molar-refractivity contribution < 1.29 is 14.3 Å². The lowest BCUT2D eigenvalue weighted by Gasteiger charge is -2.12. The van der Waals surface area contributed by atoms with E-state index in [0.717, 1.165) is 5.56 Å². The van der Waals surface area contributed by atoms with Gasteiger partial charge in [-0.25, -0.2) is 4.79 Å². The Morgan fingerprint density at radius 3 is 2.64 bits per heavy atom. The maximum atomic E-state index is 12.4. The second-order valence-corrected chi connectivity index (χ2v) is 6.63. The predicted molar refractivity (Wildman–Crippen MR) is 116 cm³/mol. The van der Waals surface area contributed by atoms with Gasteiger partial charge >= 0.3 is 5.97 Å². The molecule has 6 nitrogen and oxygen atoms in total. The van der Waals surface area contributed by atoms with Gasteiger partial charge in [0.2, 0.25) is 0 Å². The number of halogens is 2. The van der Waals surface area contributed by atoms with E-state index in [-0.39, 0.29) is 16.3 Å². The Morgan fingerprint density at radius 2 is 1.96 bits per heavy atom. The van der Waals surface area contributed by atoms with Crippen LogP contribution in [-0.4, -0.2) is 30.4 Å². The van der Waals surface area contributed by atoms with Gasteiger partial charge in [0.25, 0.3) is 0 Å². The van der Waals surface area contributed by atoms with Crippen LogP contribution in [0.25, 0.3) is 0 Å². The van der Waals surface area contributed by atoms with E-state index in [0.29, 0.717) is 29.0 Å². The monoisotopic (exact) mass is 439 g/mol. The lowest BCUT2D eigenvalue weighted by Crippen LogP contribution is -2.31. The Hall–Kier alpha value is -2.35. The topological polar surface area (TPSA) is 72.0 Å². The van der Waals surface area contributed by atoms with Crippen molar-refractivity contribution in [2.75, 3.05) is 13.2 Å². The summed E-state index contributed by atoms with van der Waals surface area (Å²) in [6.07, 6.45) is 1.58. The normalized spacial score (nSPS) is 10.6. The van der Waals surface area contributed by atoms with Gasteiger partial charge in [-0.05, 0) is 68.0 Å². The molecule has 0 atom stereocenters. The molecule has 2 rings (SSSR count). The second-order valence-electron chi connectivity index (χ2n) is 5.38. The standard InChI is InChI=1S/C19H19Cl2N3O3S/c1-3-22-19(28)24-23-11-12-5-8-16(17(9-12)26-4-2)27-18(25)14-7-6-13(20)10-15(14)21/h5-11H,3-4H2,1-2H3,(H2,22,24,28). The van der Waals surface area contributed by atoms with Crippen LogP contribution in [0.5, 0.6) is 11.5 Å². The zero-order chi connectivity index (χ0) is 20.5. The molecular weight excluding hydrogens is 421 g/mol. The summed E-state index contributed by atoms with van der Waals surface area (Å²) in [7, 11) is 0. The first kappa shape index (κ1) is 21.9. The minimum atomic E-state index is -0.610. The molecule has 0 fully saturated rings. The van der Waals surface area contributed by atoms with Crippen molar-refractivity contribution in [2.24, 2.45) is 5.10 Å². The number of nitrogens with zero attached hydrogens (tertiary/aromatic N) is 1. The Bertz CT molecular complexity index is 891. The average molecular weight is 440 g/mol. The van der Waals surface area contributed by atoms with Crippen LogP contribution in [0.2, 0.25) is 10.0 Å². The molecule has 0 unspecified atom stereocenters. The lowest BCUT2D eigenvalue weighted by molar-refractivity contribution is 0.0728. The number of carbonyl (C=O) groups is 1. The molecule has 0 aliphatic heterocycles. The van der Waals surface area contributed by atoms with E-state index in [1.165, 1.54) is 12.1 Å². The highest BCUT2D eigenvalue weighted by molar-refractivity contribution is 7.80. The molecule has 2 aromatic rings. The fourth-order valence-corrected chi connectivity index (χ4v) is 2.82. The van der Waals surface area contributed by atoms with E-state index < -0.39 is 5.97 Å². The minimum absolute atomic E-state index is 0.209. The molecule has 0 saturated carbocycles. The van der Waals surface area contributed by atoms with Crippen molar-refractivity contribution in [3.8, 4) is 11.5 Å². The molecule has 0 heterocycles. The van der Waals surface area contributed by atoms with Gasteiger partial charge in [-0.15, -0.1) is 0 Å². The third-order valence-corrected chi connectivity index (χ3v) is 4.12. The number of thiocarbonyl (C=S) groups is 1. The largest absolute Gasteiger partial charge is 0.490 e. The third kappa shape index (κ3) is 6.37. The molecule has 9 heteroatoms. The summed E-state index contributed by atoms with van der Waals surface area (Å²) in [5.41, 5.74) is 3.65. The van der Waals surface area contributed by atoms with Gasteiger partial charge in [0.1, 0.15) is 0 Å². The molecule has 0 radical (unpaired) electrons. The number of hydrogen-bond acceptors (Lipinski definition) is 5. The first-order valence-corrected chi connectivity index (χ1v) is 9.62. The predicted octanol–water partition coefficient (Wildman–Crippen LogP) is 4.43. The van der Waals surface area contributed by atoms with Crippen LogP contribution in [0.1, 0.15) is 29.8 Å². The number of ether oxygens (including phenoxy) is 2. The summed E-state index contributed by atoms with van der Waals surface area (Å²) in [5.74, 6) is 0.0620. The van der Waals surface area contributed by atoms with Crippen LogP contribution in [0.4, 0.5) is 0 Å². The van der Waals surface area contributed by atoms with Crippen LogP contribution in [0, 0.1) is 0 Å². The molecule has 2 aromatic carbocycles. The molecule has 2 N–H and O–H groups in total. The Labute approximate surface area is 178 Å². The molecule has 148 valence electrons. The Kier molecular flexibility index (Phi) is 8.50. The van der Waals surface area contributed by atoms with Crippen LogP contribution >= 0.6 is 35.4 Å². The van der Waals surface area contributed by atoms with Crippen LogP contribution in [-0.2, 0) is 0 Å². The van der Waals surface area contributed by atoms with Crippen LogP contribution in [0.15, 0.2) is 41.5 Å². The summed E-state index contributed by atoms with van der Waals surface area (Å²) in [6, 6.07) is 9.61. The molecule has 0 saturated heterocycles. The molecule has 0 bridgehead atoms. The maximum absolute atomic E-state index is 12.4. The van der Waals surface area contributed by atoms with E-state index in [4.69, 9.17) is 44.9 Å². The van der Waals surface area contributed by atoms with E-state index in [1.54, 1.807) is 30.5 Å². The number of esters is 1. The van der Waals surface area contributed by atoms with Crippen molar-refractivity contribution >= 4 is 52.7 Å². The summed E-state index contributed by atoms with van der Waals surface area (Å²) in [4.78, 5) is 12.4. The molecule has 0 aliphatic rings. The van der Waals surface area contributed by atoms with Crippen molar-refractivity contribution in [2.45, 2.75) is 13.8 Å². The first-order chi connectivity index (χ1) is 13.4. The van der Waals surface area contributed by atoms with Gasteiger partial charge in [-0.1, -0.05) is 23.2 Å². The highest BCUT2D eigenvalue weighted by atomic mass is 35.5. The summed E-state index contributed by atoms with van der Waals surface area (Å²) < 4.78 is 11.0. The maximum Gasteiger partial charge on any atom is 0.345 e. The molecule has 28 heavy (non-hydrogen) atoms. The van der Waals surface area contributed by atoms with E-state index in [2.05, 4.69) is 15.8 Å². The van der Waals surface area contributed by atoms with Gasteiger partial charge in [0.05, 0.1) is 23.4 Å². The zero-order valence-electron chi connectivity index (χ0n) is 15.3. The number of benzene rings is 2. The van der Waals surface area contributed by atoms with Gasteiger partial charge in [-0.3, -0.25) is 5.43 Å². The van der Waals surface area contributed by atoms with E-state index in [9.17, 15) is 4.79 Å². The van der Waals surface area contributed by atoms with E-state index >= 15 is 0 Å². The SMILES string of the molecule is CCNC(=S)NN=Cc1ccc(OC(=O)c2ccc(Cl)cc2Cl)c(OCC)c1. The number of rotatable bonds is 7. The Morgan fingerprint density at radius 1 is 1.18 bits per heavy atom. The van der Waals surface area contributed by atoms with Crippen LogP contribution < -0.4 is 20.2 Å². The second kappa shape index (κ2) is 10.8. The zero-order valence-corrected chi connectivity index (χ0v) is 17.6. The van der Waals surface area contributed by atoms with Gasteiger partial charge < -0.3 is 14.8 Å². The smallest absolute Gasteiger partial charge is 0.345 e. The number of carbonyl (C=O) groups excluding carboxylic acids is 1. The van der Waals surface area contributed by atoms with Crippen molar-refractivity contribution in [1.82, 2.24) is 10.7 Å². The van der Waals surface area contributed by atoms with Crippen LogP contribution in [0.3, 0.4) is 0 Å². The van der Waals surface area contributed by atoms with Crippen molar-refractivity contribution in [3.63, 3.8) is 0 Å². The quantitative estimate of drug-likeness (QED) is 0.218. The Balaban J connectivity index is 2.16. The van der Waals surface area contributed by atoms with Crippen molar-refractivity contribution in [3.05, 3.63) is 57.6 Å². The molecule has 0 spiro atoms. The highest BCUT2D eigenvalue weighted by Gasteiger charge is 2.16. The molecular formula is C19H19Cl2N3O3S. The summed E-state index contributed by atoms with van der Waals surface area (Å²) >= 11 is 17.0. The molecule has 0 amide bonds.